The van der Waals surface area contributed by atoms with Gasteiger partial charge in [-0.1, -0.05) is 26.3 Å². The number of hydrogen-bond acceptors (Lipinski definition) is 3. The summed E-state index contributed by atoms with van der Waals surface area (Å²) in [5.41, 5.74) is 1.02. The molecule has 3 nitrogen and oxygen atoms in total. The number of ether oxygens (including phenoxy) is 2. The van der Waals surface area contributed by atoms with Gasteiger partial charge < -0.3 is 9.47 Å². The fourth-order valence-corrected chi connectivity index (χ4v) is 2.12. The van der Waals surface area contributed by atoms with E-state index in [4.69, 9.17) is 9.47 Å². The van der Waals surface area contributed by atoms with E-state index >= 15 is 0 Å². The first-order valence-corrected chi connectivity index (χ1v) is 6.42. The van der Waals surface area contributed by atoms with Gasteiger partial charge in [0.15, 0.2) is 11.5 Å². The Labute approximate surface area is 109 Å². The second kappa shape index (κ2) is 7.04. The normalized spacial score (nSPS) is 12.0. The molecule has 0 aliphatic carbocycles. The van der Waals surface area contributed by atoms with Crippen LogP contribution >= 0.6 is 0 Å². The van der Waals surface area contributed by atoms with E-state index < -0.39 is 0 Å². The lowest BCUT2D eigenvalue weighted by molar-refractivity contribution is -0.120. The van der Waals surface area contributed by atoms with Crippen LogP contribution in [-0.2, 0) is 4.79 Å². The molecule has 0 bridgehead atoms. The number of carbonyl (C=O) groups is 1. The minimum absolute atomic E-state index is 0.0280. The van der Waals surface area contributed by atoms with Gasteiger partial charge in [-0.15, -0.1) is 0 Å². The van der Waals surface area contributed by atoms with E-state index in [1.807, 2.05) is 25.1 Å². The largest absolute Gasteiger partial charge is 0.493 e. The number of ketones is 1. The lowest BCUT2D eigenvalue weighted by Gasteiger charge is -2.16. The maximum atomic E-state index is 12.0. The van der Waals surface area contributed by atoms with Crippen molar-refractivity contribution in [2.45, 2.75) is 39.0 Å². The quantitative estimate of drug-likeness (QED) is 0.742. The van der Waals surface area contributed by atoms with Gasteiger partial charge in [0, 0.05) is 12.3 Å². The molecule has 0 radical (unpaired) electrons. The lowest BCUT2D eigenvalue weighted by Crippen LogP contribution is -2.11. The molecule has 1 unspecified atom stereocenters. The molecular formula is C15H22O3. The number of methoxy groups -OCH3 is 2. The summed E-state index contributed by atoms with van der Waals surface area (Å²) in [5, 5.41) is 0. The summed E-state index contributed by atoms with van der Waals surface area (Å²) < 4.78 is 10.5. The number of rotatable bonds is 7. The van der Waals surface area contributed by atoms with Crippen molar-refractivity contribution < 1.29 is 14.3 Å². The van der Waals surface area contributed by atoms with Crippen molar-refractivity contribution in [2.75, 3.05) is 14.2 Å². The predicted molar refractivity (Wildman–Crippen MR) is 72.5 cm³/mol. The summed E-state index contributed by atoms with van der Waals surface area (Å²) >= 11 is 0. The zero-order chi connectivity index (χ0) is 13.5. The van der Waals surface area contributed by atoms with E-state index in [1.54, 1.807) is 14.2 Å². The maximum absolute atomic E-state index is 12.0. The van der Waals surface area contributed by atoms with Gasteiger partial charge in [-0.05, 0) is 24.1 Å². The minimum atomic E-state index is -0.0280. The smallest absolute Gasteiger partial charge is 0.161 e. The van der Waals surface area contributed by atoms with E-state index in [0.717, 1.165) is 18.4 Å². The Morgan fingerprint density at radius 3 is 2.33 bits per heavy atom. The van der Waals surface area contributed by atoms with Crippen molar-refractivity contribution in [1.29, 1.82) is 0 Å². The van der Waals surface area contributed by atoms with Gasteiger partial charge in [0.2, 0.25) is 0 Å². The highest BCUT2D eigenvalue weighted by molar-refractivity contribution is 5.85. The molecule has 0 saturated heterocycles. The summed E-state index contributed by atoms with van der Waals surface area (Å²) in [6, 6.07) is 5.72. The van der Waals surface area contributed by atoms with Crippen molar-refractivity contribution in [3.8, 4) is 11.5 Å². The van der Waals surface area contributed by atoms with Crippen LogP contribution < -0.4 is 9.47 Å². The molecule has 0 aliphatic rings. The van der Waals surface area contributed by atoms with Crippen LogP contribution in [0.2, 0.25) is 0 Å². The molecule has 1 rings (SSSR count). The van der Waals surface area contributed by atoms with Gasteiger partial charge in [0.1, 0.15) is 5.78 Å². The molecule has 0 spiro atoms. The van der Waals surface area contributed by atoms with Gasteiger partial charge in [0.05, 0.1) is 14.2 Å². The molecular weight excluding hydrogens is 228 g/mol. The zero-order valence-electron chi connectivity index (χ0n) is 11.7. The highest BCUT2D eigenvalue weighted by atomic mass is 16.5. The fourth-order valence-electron chi connectivity index (χ4n) is 2.12. The standard InChI is InChI=1S/C15H22O3/c1-5-7-12(13(16)6-2)11-8-9-14(17-3)15(10-11)18-4/h8-10,12H,5-7H2,1-4H3. The first-order chi connectivity index (χ1) is 8.67. The van der Waals surface area contributed by atoms with Crippen molar-refractivity contribution in [1.82, 2.24) is 0 Å². The van der Waals surface area contributed by atoms with Gasteiger partial charge in [0.25, 0.3) is 0 Å². The van der Waals surface area contributed by atoms with Crippen LogP contribution in [0.15, 0.2) is 18.2 Å². The summed E-state index contributed by atoms with van der Waals surface area (Å²) in [6.07, 6.45) is 2.44. The zero-order valence-corrected chi connectivity index (χ0v) is 11.7. The molecule has 0 aliphatic heterocycles. The van der Waals surface area contributed by atoms with Crippen molar-refractivity contribution in [2.24, 2.45) is 0 Å². The van der Waals surface area contributed by atoms with Crippen LogP contribution in [0.4, 0.5) is 0 Å². The van der Waals surface area contributed by atoms with Crippen LogP contribution in [-0.4, -0.2) is 20.0 Å². The minimum Gasteiger partial charge on any atom is -0.493 e. The summed E-state index contributed by atoms with van der Waals surface area (Å²) in [6.45, 7) is 4.00. The molecule has 3 heteroatoms. The van der Waals surface area contributed by atoms with E-state index in [1.165, 1.54) is 0 Å². The fraction of sp³-hybridized carbons (Fsp3) is 0.533. The molecule has 0 fully saturated rings. The van der Waals surface area contributed by atoms with E-state index in [-0.39, 0.29) is 11.7 Å². The lowest BCUT2D eigenvalue weighted by atomic mass is 9.89. The molecule has 0 amide bonds. The van der Waals surface area contributed by atoms with Crippen LogP contribution in [0, 0.1) is 0 Å². The van der Waals surface area contributed by atoms with Crippen LogP contribution in [0.1, 0.15) is 44.6 Å². The van der Waals surface area contributed by atoms with Gasteiger partial charge in [-0.3, -0.25) is 4.79 Å². The van der Waals surface area contributed by atoms with Crippen LogP contribution in [0.25, 0.3) is 0 Å². The van der Waals surface area contributed by atoms with Gasteiger partial charge in [-0.2, -0.15) is 0 Å². The third-order valence-corrected chi connectivity index (χ3v) is 3.12. The summed E-state index contributed by atoms with van der Waals surface area (Å²) in [4.78, 5) is 12.0. The molecule has 18 heavy (non-hydrogen) atoms. The van der Waals surface area contributed by atoms with Crippen molar-refractivity contribution in [3.05, 3.63) is 23.8 Å². The van der Waals surface area contributed by atoms with Crippen LogP contribution in [0.3, 0.4) is 0 Å². The Bertz CT molecular complexity index is 399. The number of Topliss-reactive ketones (excluding diaryl/α,β-unsaturated/α-hetero) is 1. The second-order valence-corrected chi connectivity index (χ2v) is 4.28. The summed E-state index contributed by atoms with van der Waals surface area (Å²) in [5.74, 6) is 1.63. The Hall–Kier alpha value is -1.51. The van der Waals surface area contributed by atoms with Crippen molar-refractivity contribution in [3.63, 3.8) is 0 Å². The number of benzene rings is 1. The molecule has 1 aromatic carbocycles. The SMILES string of the molecule is CCCC(C(=O)CC)c1ccc(OC)c(OC)c1. The molecule has 0 saturated carbocycles. The molecule has 1 atom stereocenters. The Morgan fingerprint density at radius 2 is 1.83 bits per heavy atom. The third kappa shape index (κ3) is 3.25. The average Bonchev–Trinajstić information content (AvgIpc) is 2.43. The molecule has 0 N–H and O–H groups in total. The summed E-state index contributed by atoms with van der Waals surface area (Å²) in [7, 11) is 3.22. The molecule has 0 aromatic heterocycles. The molecule has 0 heterocycles. The van der Waals surface area contributed by atoms with E-state index in [2.05, 4.69) is 6.92 Å². The Morgan fingerprint density at radius 1 is 1.17 bits per heavy atom. The topological polar surface area (TPSA) is 35.5 Å². The van der Waals surface area contributed by atoms with Gasteiger partial charge >= 0.3 is 0 Å². The number of hydrogen-bond donors (Lipinski definition) is 0. The van der Waals surface area contributed by atoms with E-state index in [9.17, 15) is 4.79 Å². The third-order valence-electron chi connectivity index (χ3n) is 3.12. The highest BCUT2D eigenvalue weighted by Gasteiger charge is 2.19. The highest BCUT2D eigenvalue weighted by Crippen LogP contribution is 2.32. The first-order valence-electron chi connectivity index (χ1n) is 6.42. The van der Waals surface area contributed by atoms with Crippen LogP contribution in [0.5, 0.6) is 11.5 Å². The molecule has 1 aromatic rings. The Kier molecular flexibility index (Phi) is 5.69. The predicted octanol–water partition coefficient (Wildman–Crippen LogP) is 3.57. The number of carbonyl (C=O) groups excluding carboxylic acids is 1. The molecule has 100 valence electrons. The first kappa shape index (κ1) is 14.6. The van der Waals surface area contributed by atoms with Gasteiger partial charge in [-0.25, -0.2) is 0 Å². The second-order valence-electron chi connectivity index (χ2n) is 4.28. The van der Waals surface area contributed by atoms with E-state index in [0.29, 0.717) is 17.9 Å². The Balaban J connectivity index is 3.08. The van der Waals surface area contributed by atoms with Crippen molar-refractivity contribution >= 4 is 5.78 Å². The average molecular weight is 250 g/mol. The maximum Gasteiger partial charge on any atom is 0.161 e. The monoisotopic (exact) mass is 250 g/mol.